The first-order valence-corrected chi connectivity index (χ1v) is 7.69. The van der Waals surface area contributed by atoms with Gasteiger partial charge in [-0.05, 0) is 25.5 Å². The predicted octanol–water partition coefficient (Wildman–Crippen LogP) is 1.75. The van der Waals surface area contributed by atoms with Gasteiger partial charge < -0.3 is 20.1 Å². The first-order valence-electron chi connectivity index (χ1n) is 6.87. The van der Waals surface area contributed by atoms with Crippen LogP contribution in [-0.2, 0) is 16.1 Å². The number of nitrogens with one attached hydrogen (secondary N) is 1. The SMILES string of the molecule is Cc1cc(CNC(=O)N2CCOCC2CC(=O)O)sc1C. The van der Waals surface area contributed by atoms with Gasteiger partial charge in [0.15, 0.2) is 0 Å². The van der Waals surface area contributed by atoms with Gasteiger partial charge in [-0.25, -0.2) is 4.79 Å². The van der Waals surface area contributed by atoms with Crippen molar-refractivity contribution in [3.63, 3.8) is 0 Å². The summed E-state index contributed by atoms with van der Waals surface area (Å²) >= 11 is 1.66. The number of thiophene rings is 1. The zero-order valence-corrected chi connectivity index (χ0v) is 13.0. The Kier molecular flexibility index (Phi) is 5.19. The number of hydrogen-bond acceptors (Lipinski definition) is 4. The van der Waals surface area contributed by atoms with E-state index in [-0.39, 0.29) is 19.1 Å². The number of morpholine rings is 1. The van der Waals surface area contributed by atoms with Gasteiger partial charge in [-0.15, -0.1) is 11.3 Å². The zero-order chi connectivity index (χ0) is 15.4. The Balaban J connectivity index is 1.92. The van der Waals surface area contributed by atoms with E-state index in [1.807, 2.05) is 6.92 Å². The summed E-state index contributed by atoms with van der Waals surface area (Å²) in [6.07, 6.45) is -0.0926. The van der Waals surface area contributed by atoms with Crippen molar-refractivity contribution in [3.05, 3.63) is 21.4 Å². The van der Waals surface area contributed by atoms with E-state index < -0.39 is 12.0 Å². The molecule has 0 saturated carbocycles. The zero-order valence-electron chi connectivity index (χ0n) is 12.2. The third-order valence-corrected chi connectivity index (χ3v) is 4.68. The van der Waals surface area contributed by atoms with Crippen molar-refractivity contribution in [1.29, 1.82) is 0 Å². The van der Waals surface area contributed by atoms with E-state index in [0.717, 1.165) is 4.88 Å². The van der Waals surface area contributed by atoms with Crippen LogP contribution < -0.4 is 5.32 Å². The van der Waals surface area contributed by atoms with Gasteiger partial charge in [0, 0.05) is 16.3 Å². The average Bonchev–Trinajstić information content (AvgIpc) is 2.75. The highest BCUT2D eigenvalue weighted by Gasteiger charge is 2.29. The van der Waals surface area contributed by atoms with Gasteiger partial charge in [0.05, 0.1) is 32.2 Å². The second kappa shape index (κ2) is 6.91. The Morgan fingerprint density at radius 1 is 1.52 bits per heavy atom. The molecule has 7 heteroatoms. The molecule has 1 saturated heterocycles. The van der Waals surface area contributed by atoms with Gasteiger partial charge in [0.2, 0.25) is 0 Å². The lowest BCUT2D eigenvalue weighted by molar-refractivity contribution is -0.139. The molecule has 0 radical (unpaired) electrons. The highest BCUT2D eigenvalue weighted by molar-refractivity contribution is 7.12. The fourth-order valence-corrected chi connectivity index (χ4v) is 3.29. The number of carboxylic acids is 1. The standard InChI is InChI=1S/C14H20N2O4S/c1-9-5-12(21-10(9)2)7-15-14(19)16-3-4-20-8-11(16)6-13(17)18/h5,11H,3-4,6-8H2,1-2H3,(H,15,19)(H,17,18). The van der Waals surface area contributed by atoms with Crippen LogP contribution in [0.3, 0.4) is 0 Å². The summed E-state index contributed by atoms with van der Waals surface area (Å²) in [7, 11) is 0. The van der Waals surface area contributed by atoms with E-state index >= 15 is 0 Å². The molecule has 1 aromatic rings. The third-order valence-electron chi connectivity index (χ3n) is 3.53. The summed E-state index contributed by atoms with van der Waals surface area (Å²) in [6, 6.07) is 1.44. The van der Waals surface area contributed by atoms with E-state index in [2.05, 4.69) is 18.3 Å². The summed E-state index contributed by atoms with van der Waals surface area (Å²) < 4.78 is 5.26. The number of carboxylic acid groups (broad SMARTS) is 1. The fourth-order valence-electron chi connectivity index (χ4n) is 2.29. The van der Waals surface area contributed by atoms with Crippen LogP contribution in [0, 0.1) is 13.8 Å². The van der Waals surface area contributed by atoms with Gasteiger partial charge in [-0.3, -0.25) is 4.79 Å². The normalized spacial score (nSPS) is 18.6. The number of hydrogen-bond donors (Lipinski definition) is 2. The average molecular weight is 312 g/mol. The fraction of sp³-hybridized carbons (Fsp3) is 0.571. The van der Waals surface area contributed by atoms with Crippen molar-refractivity contribution in [2.45, 2.75) is 32.9 Å². The van der Waals surface area contributed by atoms with Gasteiger partial charge in [0.1, 0.15) is 0 Å². The van der Waals surface area contributed by atoms with Gasteiger partial charge >= 0.3 is 12.0 Å². The van der Waals surface area contributed by atoms with Crippen LogP contribution in [0.25, 0.3) is 0 Å². The summed E-state index contributed by atoms with van der Waals surface area (Å²) in [5.74, 6) is -0.923. The summed E-state index contributed by atoms with van der Waals surface area (Å²) in [4.78, 5) is 27.0. The molecule has 2 N–H and O–H groups in total. The molecule has 0 spiro atoms. The first-order chi connectivity index (χ1) is 9.97. The largest absolute Gasteiger partial charge is 0.481 e. The first kappa shape index (κ1) is 15.8. The predicted molar refractivity (Wildman–Crippen MR) is 79.6 cm³/mol. The van der Waals surface area contributed by atoms with E-state index in [0.29, 0.717) is 19.7 Å². The Hall–Kier alpha value is -1.60. The highest BCUT2D eigenvalue weighted by atomic mass is 32.1. The number of nitrogens with zero attached hydrogens (tertiary/aromatic N) is 1. The maximum absolute atomic E-state index is 12.2. The van der Waals surface area contributed by atoms with E-state index in [1.54, 1.807) is 16.2 Å². The molecular formula is C14H20N2O4S. The molecule has 0 aromatic carbocycles. The molecule has 1 aliphatic heterocycles. The van der Waals surface area contributed by atoms with E-state index in [9.17, 15) is 9.59 Å². The molecule has 116 valence electrons. The summed E-state index contributed by atoms with van der Waals surface area (Å²) in [6.45, 7) is 5.71. The van der Waals surface area contributed by atoms with Crippen molar-refractivity contribution in [2.75, 3.05) is 19.8 Å². The van der Waals surface area contributed by atoms with Gasteiger partial charge in [0.25, 0.3) is 0 Å². The number of amides is 2. The lowest BCUT2D eigenvalue weighted by Crippen LogP contribution is -2.52. The molecule has 21 heavy (non-hydrogen) atoms. The van der Waals surface area contributed by atoms with Crippen molar-refractivity contribution >= 4 is 23.3 Å². The summed E-state index contributed by atoms with van der Waals surface area (Å²) in [5, 5.41) is 11.8. The van der Waals surface area contributed by atoms with Crippen LogP contribution in [0.2, 0.25) is 0 Å². The Bertz CT molecular complexity index is 510. The highest BCUT2D eigenvalue weighted by Crippen LogP contribution is 2.20. The van der Waals surface area contributed by atoms with E-state index in [1.165, 1.54) is 10.4 Å². The second-order valence-electron chi connectivity index (χ2n) is 5.13. The molecule has 0 bridgehead atoms. The molecule has 1 fully saturated rings. The number of carbonyl (C=O) groups excluding carboxylic acids is 1. The molecule has 2 amide bonds. The quantitative estimate of drug-likeness (QED) is 0.888. The van der Waals surface area contributed by atoms with Crippen LogP contribution in [0.1, 0.15) is 21.7 Å². The van der Waals surface area contributed by atoms with Crippen LogP contribution in [-0.4, -0.2) is 47.8 Å². The molecular weight excluding hydrogens is 292 g/mol. The summed E-state index contributed by atoms with van der Waals surface area (Å²) in [5.41, 5.74) is 1.22. The van der Waals surface area contributed by atoms with Gasteiger partial charge in [-0.1, -0.05) is 0 Å². The van der Waals surface area contributed by atoms with Crippen LogP contribution >= 0.6 is 11.3 Å². The molecule has 2 rings (SSSR count). The third kappa shape index (κ3) is 4.18. The Morgan fingerprint density at radius 3 is 2.90 bits per heavy atom. The van der Waals surface area contributed by atoms with Crippen LogP contribution in [0.15, 0.2) is 6.07 Å². The number of rotatable bonds is 4. The molecule has 2 heterocycles. The molecule has 1 aliphatic rings. The van der Waals surface area contributed by atoms with Crippen molar-refractivity contribution in [1.82, 2.24) is 10.2 Å². The van der Waals surface area contributed by atoms with Gasteiger partial charge in [-0.2, -0.15) is 0 Å². The molecule has 0 aliphatic carbocycles. The van der Waals surface area contributed by atoms with Crippen molar-refractivity contribution in [3.8, 4) is 0 Å². The number of urea groups is 1. The van der Waals surface area contributed by atoms with E-state index in [4.69, 9.17) is 9.84 Å². The Morgan fingerprint density at radius 2 is 2.29 bits per heavy atom. The monoisotopic (exact) mass is 312 g/mol. The second-order valence-corrected chi connectivity index (χ2v) is 6.47. The maximum Gasteiger partial charge on any atom is 0.318 e. The minimum Gasteiger partial charge on any atom is -0.481 e. The molecule has 1 unspecified atom stereocenters. The maximum atomic E-state index is 12.2. The number of ether oxygens (including phenoxy) is 1. The Labute approximate surface area is 127 Å². The lowest BCUT2D eigenvalue weighted by Gasteiger charge is -2.34. The van der Waals surface area contributed by atoms with Crippen LogP contribution in [0.5, 0.6) is 0 Å². The topological polar surface area (TPSA) is 78.9 Å². The van der Waals surface area contributed by atoms with Crippen molar-refractivity contribution in [2.24, 2.45) is 0 Å². The number of aryl methyl sites for hydroxylation is 2. The molecule has 1 atom stereocenters. The molecule has 6 nitrogen and oxygen atoms in total. The minimum absolute atomic E-state index is 0.0926. The smallest absolute Gasteiger partial charge is 0.318 e. The van der Waals surface area contributed by atoms with Crippen molar-refractivity contribution < 1.29 is 19.4 Å². The van der Waals surface area contributed by atoms with Crippen LogP contribution in [0.4, 0.5) is 4.79 Å². The number of carbonyl (C=O) groups is 2. The lowest BCUT2D eigenvalue weighted by atomic mass is 10.1. The molecule has 1 aromatic heterocycles. The minimum atomic E-state index is -0.923. The number of aliphatic carboxylic acids is 1.